The molecular formula is C93H130N3Si3+3. The third-order valence-electron chi connectivity index (χ3n) is 24.1. The zero-order chi connectivity index (χ0) is 71.3. The van der Waals surface area contributed by atoms with Gasteiger partial charge in [0.05, 0.1) is 51.5 Å². The van der Waals surface area contributed by atoms with E-state index in [2.05, 4.69) is 298 Å². The molecule has 4 fully saturated rings. The number of rotatable bonds is 13. The highest BCUT2D eigenvalue weighted by molar-refractivity contribution is 6.91. The molecule has 13 rings (SSSR count). The minimum atomic E-state index is -1.51. The lowest BCUT2D eigenvalue weighted by molar-refractivity contribution is -0.659. The van der Waals surface area contributed by atoms with Crippen LogP contribution in [0.3, 0.4) is 0 Å². The van der Waals surface area contributed by atoms with E-state index in [9.17, 15) is 0 Å². The van der Waals surface area contributed by atoms with Crippen LogP contribution in [0.1, 0.15) is 233 Å². The summed E-state index contributed by atoms with van der Waals surface area (Å²) >= 11 is 0. The predicted molar refractivity (Wildman–Crippen MR) is 440 cm³/mol. The van der Waals surface area contributed by atoms with Gasteiger partial charge >= 0.3 is 0 Å². The third-order valence-corrected chi connectivity index (χ3v) is 35.6. The van der Waals surface area contributed by atoms with E-state index >= 15 is 0 Å². The minimum absolute atomic E-state index is 0.368. The van der Waals surface area contributed by atoms with E-state index in [1.165, 1.54) is 215 Å². The maximum atomic E-state index is 2.63. The second kappa shape index (κ2) is 29.5. The monoisotopic (exact) mass is 1370 g/mol. The highest BCUT2D eigenvalue weighted by Crippen LogP contribution is 2.46. The maximum Gasteiger partial charge on any atom is 0.220 e. The summed E-state index contributed by atoms with van der Waals surface area (Å²) in [6.45, 7) is 45.9. The van der Waals surface area contributed by atoms with Crippen molar-refractivity contribution < 1.29 is 13.7 Å². The summed E-state index contributed by atoms with van der Waals surface area (Å²) in [5.74, 6) is 2.99. The number of nitrogens with zero attached hydrogens (tertiary/aromatic N) is 3. The first-order valence-corrected chi connectivity index (χ1v) is 48.8. The Morgan fingerprint density at radius 3 is 1.00 bits per heavy atom. The molecule has 0 atom stereocenters. The van der Waals surface area contributed by atoms with Gasteiger partial charge in [0, 0.05) is 23.8 Å². The van der Waals surface area contributed by atoms with Crippen LogP contribution in [-0.4, -0.2) is 24.2 Å². The van der Waals surface area contributed by atoms with Gasteiger partial charge in [-0.1, -0.05) is 229 Å². The van der Waals surface area contributed by atoms with Gasteiger partial charge in [-0.25, -0.2) is 13.7 Å². The molecule has 0 radical (unpaired) electrons. The lowest BCUT2D eigenvalue weighted by atomic mass is 9.84. The van der Waals surface area contributed by atoms with Crippen molar-refractivity contribution in [2.75, 3.05) is 0 Å². The van der Waals surface area contributed by atoms with Crippen molar-refractivity contribution in [1.29, 1.82) is 0 Å². The van der Waals surface area contributed by atoms with E-state index in [0.29, 0.717) is 16.2 Å². The molecule has 4 aliphatic carbocycles. The van der Waals surface area contributed by atoms with E-state index in [1.54, 1.807) is 32.3 Å². The number of aromatic nitrogens is 3. The van der Waals surface area contributed by atoms with Gasteiger partial charge < -0.3 is 0 Å². The molecule has 0 unspecified atom stereocenters. The predicted octanol–water partition coefficient (Wildman–Crippen LogP) is 23.7. The molecule has 0 N–H and O–H groups in total. The highest BCUT2D eigenvalue weighted by atomic mass is 28.3. The van der Waals surface area contributed by atoms with Crippen LogP contribution in [0, 0.1) is 43.9 Å². The first kappa shape index (κ1) is 74.4. The Hall–Kier alpha value is -5.80. The molecule has 6 aromatic carbocycles. The molecular weight excluding hydrogens is 1240 g/mol. The van der Waals surface area contributed by atoms with Gasteiger partial charge in [0.1, 0.15) is 21.1 Å². The fraction of sp³-hybridized carbons (Fsp3) is 0.516. The zero-order valence-corrected chi connectivity index (χ0v) is 69.3. The smallest absolute Gasteiger partial charge is 0.200 e. The van der Waals surface area contributed by atoms with Crippen molar-refractivity contribution >= 4 is 72.1 Å². The van der Waals surface area contributed by atoms with Crippen LogP contribution in [0.15, 0.2) is 134 Å². The van der Waals surface area contributed by atoms with E-state index in [-0.39, 0.29) is 0 Å². The van der Waals surface area contributed by atoms with Crippen molar-refractivity contribution in [3.63, 3.8) is 0 Å². The quantitative estimate of drug-likeness (QED) is 0.0805. The van der Waals surface area contributed by atoms with E-state index in [4.69, 9.17) is 0 Å². The van der Waals surface area contributed by atoms with Crippen LogP contribution in [-0.2, 0) is 21.1 Å². The fourth-order valence-electron chi connectivity index (χ4n) is 19.9. The Morgan fingerprint density at radius 1 is 0.323 bits per heavy atom. The number of benzene rings is 6. The van der Waals surface area contributed by atoms with Crippen molar-refractivity contribution in [3.05, 3.63) is 178 Å². The molecule has 99 heavy (non-hydrogen) atoms. The molecule has 0 bridgehead atoms. The number of hydrogen-bond acceptors (Lipinski definition) is 0. The largest absolute Gasteiger partial charge is 0.220 e. The van der Waals surface area contributed by atoms with Crippen molar-refractivity contribution in [2.24, 2.45) is 37.4 Å². The Labute approximate surface area is 605 Å². The van der Waals surface area contributed by atoms with Crippen molar-refractivity contribution in [2.45, 2.75) is 274 Å². The maximum absolute atomic E-state index is 2.63. The highest BCUT2D eigenvalue weighted by Gasteiger charge is 2.35. The molecule has 3 nitrogen and oxygen atoms in total. The molecule has 0 aliphatic heterocycles. The van der Waals surface area contributed by atoms with Gasteiger partial charge in [0.25, 0.3) is 0 Å². The van der Waals surface area contributed by atoms with Gasteiger partial charge in [0.2, 0.25) is 17.1 Å². The first-order valence-electron chi connectivity index (χ1n) is 39.2. The van der Waals surface area contributed by atoms with E-state index in [0.717, 1.165) is 23.7 Å². The number of pyridine rings is 3. The van der Waals surface area contributed by atoms with Crippen LogP contribution in [0.4, 0.5) is 0 Å². The fourth-order valence-corrected chi connectivity index (χ4v) is 31.7. The molecule has 526 valence electrons. The molecule has 3 heterocycles. The summed E-state index contributed by atoms with van der Waals surface area (Å²) < 4.78 is 7.04. The average Bonchev–Trinajstić information content (AvgIpc) is 1.42. The van der Waals surface area contributed by atoms with Gasteiger partial charge in [-0.05, 0) is 234 Å². The topological polar surface area (TPSA) is 11.6 Å². The summed E-state index contributed by atoms with van der Waals surface area (Å²) in [4.78, 5) is 0. The van der Waals surface area contributed by atoms with Crippen LogP contribution >= 0.6 is 0 Å². The standard InChI is InChI=1S/C34H48NSi.C30H42NSi.C29H40NSi/c1-24-31(26-14-10-11-15-26)21-28(25-12-8-9-13-25)22-32(24)33-30-17-16-29(20-27(30)18-19-35(33)5)36(6,7)23-34(2,3)4;1-21-17-25(23-11-9-10-12-23)19-28(22(21)2)29-27-14-13-26(18-24(27)15-16-31(29)6)32(7,8)20-30(3,4)5;1-21-12-13-23(22-10-8-9-11-22)19-27(21)28-26-15-14-25(18-24(26)16-17-30(28)5)31(6,7)20-29(2,3)4/h16-22,25-26H,8-15,23H2,1-7H3;13-19,23H,9-12,20H2,1-8H3;12-19,22H,8-11,20H2,1-7H3/q3*+1. The lowest BCUT2D eigenvalue weighted by Crippen LogP contribution is -2.44. The van der Waals surface area contributed by atoms with Crippen molar-refractivity contribution in [1.82, 2.24) is 0 Å². The molecule has 0 spiro atoms. The molecule has 6 heteroatoms. The van der Waals surface area contributed by atoms with Gasteiger partial charge in [-0.3, -0.25) is 0 Å². The summed E-state index contributed by atoms with van der Waals surface area (Å²) in [7, 11) is 2.16. The van der Waals surface area contributed by atoms with Crippen LogP contribution in [0.2, 0.25) is 57.4 Å². The average molecular weight is 1370 g/mol. The minimum Gasteiger partial charge on any atom is -0.200 e. The molecule has 3 aromatic heterocycles. The summed E-state index contributed by atoms with van der Waals surface area (Å²) in [6, 6.07) is 50.4. The Bertz CT molecular complexity index is 4380. The number of fused-ring (bicyclic) bond motifs is 3. The lowest BCUT2D eigenvalue weighted by Gasteiger charge is -2.31. The van der Waals surface area contributed by atoms with Crippen LogP contribution < -0.4 is 29.3 Å². The Morgan fingerprint density at radius 2 is 0.636 bits per heavy atom. The molecule has 4 aliphatic rings. The normalized spacial score (nSPS) is 16.5. The summed E-state index contributed by atoms with van der Waals surface area (Å²) in [5.41, 5.74) is 21.6. The summed E-state index contributed by atoms with van der Waals surface area (Å²) in [5, 5.41) is 13.1. The first-order chi connectivity index (χ1) is 46.5. The second-order valence-electron chi connectivity index (χ2n) is 37.9. The Balaban J connectivity index is 0.000000151. The summed E-state index contributed by atoms with van der Waals surface area (Å²) in [6.07, 6.45) is 28.8. The Kier molecular flexibility index (Phi) is 22.2. The molecule has 4 saturated carbocycles. The van der Waals surface area contributed by atoms with E-state index in [1.807, 2.05) is 0 Å². The second-order valence-corrected chi connectivity index (χ2v) is 52.0. The van der Waals surface area contributed by atoms with Gasteiger partial charge in [0.15, 0.2) is 18.6 Å². The third kappa shape index (κ3) is 17.1. The van der Waals surface area contributed by atoms with E-state index < -0.39 is 24.2 Å². The van der Waals surface area contributed by atoms with Gasteiger partial charge in [-0.15, -0.1) is 0 Å². The van der Waals surface area contributed by atoms with Crippen LogP contribution in [0.25, 0.3) is 66.1 Å². The zero-order valence-electron chi connectivity index (χ0n) is 66.3. The SMILES string of the molecule is Cc1c(-c2c3ccc([Si](C)(C)CC(C)(C)C)cc3cc[n+]2C)cc(C2CCCC2)cc1C1CCCC1.Cc1cc(C2CCCC2)cc(-c2c3ccc([Si](C)(C)CC(C)(C)C)cc3cc[n+]2C)c1C.Cc1ccc(C2CCCC2)cc1-c1c2ccc([Si](C)(C)CC(C)(C)C)cc2cc[n+]1C. The molecule has 0 amide bonds. The van der Waals surface area contributed by atoms with Crippen LogP contribution in [0.5, 0.6) is 0 Å². The van der Waals surface area contributed by atoms with Gasteiger partial charge in [-0.2, -0.15) is 0 Å². The molecule has 0 saturated heterocycles. The number of hydrogen-bond donors (Lipinski definition) is 0. The van der Waals surface area contributed by atoms with Crippen molar-refractivity contribution in [3.8, 4) is 33.8 Å². The molecule has 9 aromatic rings. The number of aryl methyl sites for hydroxylation is 5.